The fourth-order valence-corrected chi connectivity index (χ4v) is 1.56. The van der Waals surface area contributed by atoms with Gasteiger partial charge in [0.2, 0.25) is 0 Å². The van der Waals surface area contributed by atoms with Gasteiger partial charge < -0.3 is 5.73 Å². The van der Waals surface area contributed by atoms with Crippen molar-refractivity contribution in [1.29, 1.82) is 0 Å². The van der Waals surface area contributed by atoms with E-state index in [2.05, 4.69) is 4.99 Å². The number of amidine groups is 1. The van der Waals surface area contributed by atoms with Gasteiger partial charge in [0.05, 0.1) is 6.54 Å². The predicted octanol–water partition coefficient (Wildman–Crippen LogP) is 3.26. The molecule has 0 amide bonds. The third-order valence-corrected chi connectivity index (χ3v) is 2.53. The number of rotatable bonds is 4. The minimum Gasteiger partial charge on any atom is -0.384 e. The summed E-state index contributed by atoms with van der Waals surface area (Å²) in [5, 5.41) is 0. The van der Waals surface area contributed by atoms with Crippen molar-refractivity contribution in [2.45, 2.75) is 6.54 Å². The van der Waals surface area contributed by atoms with E-state index in [0.29, 0.717) is 12.4 Å². The van der Waals surface area contributed by atoms with Gasteiger partial charge in [0.1, 0.15) is 5.84 Å². The monoisotopic (exact) mass is 238 g/mol. The summed E-state index contributed by atoms with van der Waals surface area (Å²) >= 11 is 0. The highest BCUT2D eigenvalue weighted by Crippen LogP contribution is 2.02. The third kappa shape index (κ3) is 3.91. The largest absolute Gasteiger partial charge is 0.384 e. The molecule has 0 aliphatic rings. The third-order valence-electron chi connectivity index (χ3n) is 2.53. The summed E-state index contributed by atoms with van der Waals surface area (Å²) in [7, 11) is 0. The maximum atomic E-state index is 5.83. The Morgan fingerprint density at radius 3 is 2.22 bits per heavy atom. The van der Waals surface area contributed by atoms with Crippen molar-refractivity contribution in [1.82, 2.24) is 0 Å². The normalized spacial score (nSPS) is 11.9. The molecule has 2 nitrogen and oxygen atoms in total. The Kier molecular flexibility index (Phi) is 4.31. The lowest BCUT2D eigenvalue weighted by molar-refractivity contribution is 1.06. The van der Waals surface area contributed by atoms with Gasteiger partial charge in [0.25, 0.3) is 0 Å². The van der Waals surface area contributed by atoms with Crippen LogP contribution in [0, 0.1) is 0 Å². The van der Waals surface area contributed by atoms with Crippen LogP contribution in [0.5, 0.6) is 0 Å². The summed E-state index contributed by atoms with van der Waals surface area (Å²) in [6.07, 6.45) is 3.79. The summed E-state index contributed by atoms with van der Waals surface area (Å²) in [6.45, 7) is 0.617. The van der Waals surface area contributed by atoms with E-state index in [1.54, 1.807) is 0 Å². The first kappa shape index (κ1) is 12.1. The van der Waals surface area contributed by atoms with E-state index in [1.165, 1.54) is 0 Å². The Morgan fingerprint density at radius 1 is 0.944 bits per heavy atom. The Bertz CT molecular complexity index is 528. The molecule has 0 aromatic heterocycles. The topological polar surface area (TPSA) is 38.4 Å². The molecule has 2 aromatic rings. The van der Waals surface area contributed by atoms with Crippen molar-refractivity contribution >= 4 is 11.9 Å². The van der Waals surface area contributed by atoms with Crippen LogP contribution in [-0.4, -0.2) is 5.84 Å². The van der Waals surface area contributed by atoms with Crippen molar-refractivity contribution in [2.24, 2.45) is 10.7 Å². The van der Waals surface area contributed by atoms with Crippen LogP contribution >= 0.6 is 0 Å². The molecule has 0 saturated carbocycles. The number of aliphatic imine (C=N–C) groups is 1. The molecule has 0 radical (unpaired) electrons. The Hall–Kier alpha value is -2.35. The first-order valence-corrected chi connectivity index (χ1v) is 5.91. The van der Waals surface area contributed by atoms with Gasteiger partial charge in [-0.1, -0.05) is 66.7 Å². The van der Waals surface area contributed by atoms with E-state index < -0.39 is 0 Å². The summed E-state index contributed by atoms with van der Waals surface area (Å²) in [6, 6.07) is 20.1. The van der Waals surface area contributed by atoms with Gasteiger partial charge in [-0.3, -0.25) is 4.99 Å². The highest BCUT2D eigenvalue weighted by Gasteiger charge is 1.89. The van der Waals surface area contributed by atoms with Crippen LogP contribution in [0.3, 0.4) is 0 Å². The van der Waals surface area contributed by atoms with Gasteiger partial charge in [-0.25, -0.2) is 0 Å². The van der Waals surface area contributed by atoms with Crippen molar-refractivity contribution in [3.8, 4) is 0 Å². The highest BCUT2D eigenvalue weighted by atomic mass is 15.5. The summed E-state index contributed by atoms with van der Waals surface area (Å²) in [4.78, 5) is 4.32. The summed E-state index contributed by atoms with van der Waals surface area (Å²) in [5.41, 5.74) is 8.11. The SMILES string of the molecule is N[14C](/C=C/c1ccccc1)=NCc1ccccc1. The average Bonchev–Trinajstić information content (AvgIpc) is 2.45. The van der Waals surface area contributed by atoms with Gasteiger partial charge in [-0.05, 0) is 17.2 Å². The molecule has 18 heavy (non-hydrogen) atoms. The van der Waals surface area contributed by atoms with Crippen molar-refractivity contribution in [2.75, 3.05) is 0 Å². The van der Waals surface area contributed by atoms with Crippen LogP contribution in [0.2, 0.25) is 0 Å². The fraction of sp³-hybridized carbons (Fsp3) is 0.0625. The molecule has 0 aliphatic carbocycles. The van der Waals surface area contributed by atoms with Crippen LogP contribution in [0.4, 0.5) is 0 Å². The lowest BCUT2D eigenvalue weighted by atomic mass is 10.2. The quantitative estimate of drug-likeness (QED) is 0.644. The van der Waals surface area contributed by atoms with Crippen LogP contribution in [0.25, 0.3) is 6.08 Å². The van der Waals surface area contributed by atoms with Gasteiger partial charge in [-0.15, -0.1) is 0 Å². The molecule has 2 N–H and O–H groups in total. The lowest BCUT2D eigenvalue weighted by Crippen LogP contribution is -2.07. The number of nitrogens with zero attached hydrogens (tertiary/aromatic N) is 1. The molecule has 2 aromatic carbocycles. The average molecular weight is 238 g/mol. The fourth-order valence-electron chi connectivity index (χ4n) is 1.56. The zero-order valence-corrected chi connectivity index (χ0v) is 10.2. The Morgan fingerprint density at radius 2 is 1.56 bits per heavy atom. The molecular formula is C16H16N2. The van der Waals surface area contributed by atoms with Crippen LogP contribution in [0.1, 0.15) is 11.1 Å². The maximum Gasteiger partial charge on any atom is 0.118 e. The van der Waals surface area contributed by atoms with Crippen LogP contribution in [-0.2, 0) is 6.54 Å². The Balaban J connectivity index is 1.96. The first-order chi connectivity index (χ1) is 8.84. The summed E-state index contributed by atoms with van der Waals surface area (Å²) in [5.74, 6) is 0.544. The Labute approximate surface area is 107 Å². The maximum absolute atomic E-state index is 5.83. The molecule has 0 aliphatic heterocycles. The molecule has 0 saturated heterocycles. The van der Waals surface area contributed by atoms with Gasteiger partial charge in [0, 0.05) is 0 Å². The van der Waals surface area contributed by atoms with Crippen LogP contribution in [0.15, 0.2) is 71.7 Å². The molecule has 2 rings (SSSR count). The molecule has 2 heteroatoms. The number of benzene rings is 2. The number of nitrogens with two attached hydrogens (primary N) is 1. The number of hydrogen-bond acceptors (Lipinski definition) is 1. The van der Waals surface area contributed by atoms with Crippen molar-refractivity contribution in [3.63, 3.8) is 0 Å². The molecule has 0 spiro atoms. The highest BCUT2D eigenvalue weighted by molar-refractivity contribution is 5.95. The summed E-state index contributed by atoms with van der Waals surface area (Å²) < 4.78 is 0. The first-order valence-electron chi connectivity index (χ1n) is 5.91. The van der Waals surface area contributed by atoms with E-state index in [0.717, 1.165) is 11.1 Å². The smallest absolute Gasteiger partial charge is 0.118 e. The van der Waals surface area contributed by atoms with Gasteiger partial charge in [0.15, 0.2) is 0 Å². The van der Waals surface area contributed by atoms with Gasteiger partial charge in [-0.2, -0.15) is 0 Å². The second-order valence-electron chi connectivity index (χ2n) is 3.97. The minimum absolute atomic E-state index is 0.544. The standard InChI is InChI=1S/C16H16N2/c17-16(12-11-14-7-3-1-4-8-14)18-13-15-9-5-2-6-10-15/h1-12H,13H2,(H2,17,18)/b12-11+/i16+2. The minimum atomic E-state index is 0.544. The zero-order valence-electron chi connectivity index (χ0n) is 10.2. The lowest BCUT2D eigenvalue weighted by Gasteiger charge is -1.97. The van der Waals surface area contributed by atoms with Crippen molar-refractivity contribution in [3.05, 3.63) is 77.9 Å². The van der Waals surface area contributed by atoms with E-state index in [9.17, 15) is 0 Å². The van der Waals surface area contributed by atoms with E-state index in [-0.39, 0.29) is 0 Å². The molecule has 0 bridgehead atoms. The predicted molar refractivity (Wildman–Crippen MR) is 77.2 cm³/mol. The van der Waals surface area contributed by atoms with Crippen molar-refractivity contribution < 1.29 is 0 Å². The second-order valence-corrected chi connectivity index (χ2v) is 3.97. The molecule has 90 valence electrons. The molecule has 0 unspecified atom stereocenters. The molecule has 0 fully saturated rings. The van der Waals surface area contributed by atoms with E-state index >= 15 is 0 Å². The number of hydrogen-bond donors (Lipinski definition) is 1. The molecule has 0 heterocycles. The zero-order chi connectivity index (χ0) is 12.6. The molecule has 0 atom stereocenters. The molecular weight excluding hydrogens is 222 g/mol. The second kappa shape index (κ2) is 6.40. The van der Waals surface area contributed by atoms with E-state index in [1.807, 2.05) is 72.8 Å². The van der Waals surface area contributed by atoms with Crippen LogP contribution < -0.4 is 5.73 Å². The van der Waals surface area contributed by atoms with E-state index in [4.69, 9.17) is 5.73 Å². The van der Waals surface area contributed by atoms with Gasteiger partial charge >= 0.3 is 0 Å².